The predicted octanol–water partition coefficient (Wildman–Crippen LogP) is 0.517. The van der Waals surface area contributed by atoms with Crippen LogP contribution in [-0.2, 0) is 16.6 Å². The number of aliphatic hydroxyl groups excluding tert-OH is 1. The number of sulfonamides is 1. The minimum atomic E-state index is -3.47. The van der Waals surface area contributed by atoms with Crippen LogP contribution in [0.3, 0.4) is 0 Å². The molecule has 0 unspecified atom stereocenters. The fourth-order valence-electron chi connectivity index (χ4n) is 2.48. The first-order valence-electron chi connectivity index (χ1n) is 7.05. The number of aromatic amines is 1. The lowest BCUT2D eigenvalue weighted by atomic mass is 9.97. The fourth-order valence-corrected chi connectivity index (χ4v) is 3.62. The molecule has 6 nitrogen and oxygen atoms in total. The molecule has 0 aromatic carbocycles. The summed E-state index contributed by atoms with van der Waals surface area (Å²) in [4.78, 5) is 5.30. The number of nitrogens with one attached hydrogen (secondary N) is 2. The quantitative estimate of drug-likeness (QED) is 0.715. The molecule has 20 heavy (non-hydrogen) atoms. The van der Waals surface area contributed by atoms with Crippen LogP contribution in [0.15, 0.2) is 17.2 Å². The maximum absolute atomic E-state index is 12.1. The summed E-state index contributed by atoms with van der Waals surface area (Å²) >= 11 is 0. The molecular formula is C13H23N3O3S. The van der Waals surface area contributed by atoms with E-state index in [0.717, 1.165) is 32.5 Å². The fraction of sp³-hybridized carbons (Fsp3) is 0.692. The van der Waals surface area contributed by atoms with Gasteiger partial charge >= 0.3 is 0 Å². The number of nitrogens with zero attached hydrogens (tertiary/aromatic N) is 1. The van der Waals surface area contributed by atoms with E-state index in [1.807, 2.05) is 0 Å². The van der Waals surface area contributed by atoms with Crippen LogP contribution in [0.1, 0.15) is 25.5 Å². The predicted molar refractivity (Wildman–Crippen MR) is 76.7 cm³/mol. The number of aliphatic hydroxyl groups is 1. The molecule has 0 amide bonds. The van der Waals surface area contributed by atoms with Gasteiger partial charge < -0.3 is 15.0 Å². The van der Waals surface area contributed by atoms with Crippen molar-refractivity contribution in [3.8, 4) is 0 Å². The number of hydrogen-bond acceptors (Lipinski definition) is 4. The Balaban J connectivity index is 1.87. The van der Waals surface area contributed by atoms with Gasteiger partial charge in [-0.25, -0.2) is 13.1 Å². The van der Waals surface area contributed by atoms with Gasteiger partial charge in [0.05, 0.1) is 11.5 Å². The summed E-state index contributed by atoms with van der Waals surface area (Å²) in [7, 11) is -3.47. The number of likely N-dealkylation sites (tertiary alicyclic amines) is 1. The molecule has 2 heterocycles. The molecule has 7 heteroatoms. The summed E-state index contributed by atoms with van der Waals surface area (Å²) in [5, 5.41) is 8.95. The van der Waals surface area contributed by atoms with Crippen LogP contribution in [0, 0.1) is 5.92 Å². The maximum Gasteiger partial charge on any atom is 0.242 e. The number of aromatic nitrogens is 1. The van der Waals surface area contributed by atoms with Gasteiger partial charge in [0.1, 0.15) is 0 Å². The molecule has 1 aliphatic heterocycles. The van der Waals surface area contributed by atoms with Gasteiger partial charge in [0.25, 0.3) is 0 Å². The van der Waals surface area contributed by atoms with E-state index in [-0.39, 0.29) is 11.5 Å². The Morgan fingerprint density at radius 2 is 2.15 bits per heavy atom. The Morgan fingerprint density at radius 1 is 1.45 bits per heavy atom. The highest BCUT2D eigenvalue weighted by atomic mass is 32.2. The van der Waals surface area contributed by atoms with Gasteiger partial charge in [0.15, 0.2) is 0 Å². The topological polar surface area (TPSA) is 85.4 Å². The molecule has 2 rings (SSSR count). The third kappa shape index (κ3) is 3.82. The van der Waals surface area contributed by atoms with Gasteiger partial charge in [-0.3, -0.25) is 0 Å². The highest BCUT2D eigenvalue weighted by Gasteiger charge is 2.21. The first kappa shape index (κ1) is 15.5. The van der Waals surface area contributed by atoms with Crippen LogP contribution in [0.5, 0.6) is 0 Å². The van der Waals surface area contributed by atoms with Gasteiger partial charge in [-0.1, -0.05) is 6.92 Å². The Kier molecular flexibility index (Phi) is 5.20. The number of hydrogen-bond donors (Lipinski definition) is 3. The van der Waals surface area contributed by atoms with E-state index in [0.29, 0.717) is 18.2 Å². The largest absolute Gasteiger partial charge is 0.390 e. The van der Waals surface area contributed by atoms with E-state index >= 15 is 0 Å². The summed E-state index contributed by atoms with van der Waals surface area (Å²) in [6.45, 7) is 5.59. The second kappa shape index (κ2) is 6.71. The summed E-state index contributed by atoms with van der Waals surface area (Å²) in [5.41, 5.74) is 0.502. The molecule has 0 spiro atoms. The molecular weight excluding hydrogens is 278 g/mol. The van der Waals surface area contributed by atoms with Gasteiger partial charge in [-0.15, -0.1) is 0 Å². The van der Waals surface area contributed by atoms with Crippen LogP contribution in [-0.4, -0.2) is 49.6 Å². The van der Waals surface area contributed by atoms with Crippen molar-refractivity contribution >= 4 is 10.0 Å². The Hall–Kier alpha value is -0.890. The summed E-state index contributed by atoms with van der Waals surface area (Å²) in [6, 6.07) is 1.46. The molecule has 1 aliphatic rings. The number of H-pyrrole nitrogens is 1. The van der Waals surface area contributed by atoms with E-state index in [2.05, 4.69) is 21.5 Å². The zero-order valence-electron chi connectivity index (χ0n) is 11.8. The molecule has 0 atom stereocenters. The van der Waals surface area contributed by atoms with Crippen LogP contribution in [0.25, 0.3) is 0 Å². The van der Waals surface area contributed by atoms with Crippen molar-refractivity contribution in [1.82, 2.24) is 14.6 Å². The number of rotatable bonds is 6. The normalized spacial score (nSPS) is 18.5. The molecule has 1 aromatic rings. The minimum absolute atomic E-state index is 0.188. The zero-order valence-corrected chi connectivity index (χ0v) is 12.6. The van der Waals surface area contributed by atoms with Crippen molar-refractivity contribution < 1.29 is 13.5 Å². The Labute approximate surface area is 120 Å². The average molecular weight is 301 g/mol. The molecule has 114 valence electrons. The molecule has 0 saturated carbocycles. The van der Waals surface area contributed by atoms with Crippen molar-refractivity contribution in [2.45, 2.75) is 31.3 Å². The molecule has 1 fully saturated rings. The lowest BCUT2D eigenvalue weighted by Gasteiger charge is -2.30. The van der Waals surface area contributed by atoms with E-state index in [4.69, 9.17) is 5.11 Å². The van der Waals surface area contributed by atoms with E-state index in [9.17, 15) is 8.42 Å². The van der Waals surface area contributed by atoms with Gasteiger partial charge in [0, 0.05) is 18.4 Å². The molecule has 3 N–H and O–H groups in total. The van der Waals surface area contributed by atoms with Crippen molar-refractivity contribution in [3.05, 3.63) is 18.0 Å². The minimum Gasteiger partial charge on any atom is -0.390 e. The van der Waals surface area contributed by atoms with Crippen molar-refractivity contribution in [2.75, 3.05) is 26.2 Å². The molecule has 1 aromatic heterocycles. The lowest BCUT2D eigenvalue weighted by molar-refractivity contribution is 0.194. The van der Waals surface area contributed by atoms with Crippen molar-refractivity contribution in [1.29, 1.82) is 0 Å². The van der Waals surface area contributed by atoms with Crippen molar-refractivity contribution in [3.63, 3.8) is 0 Å². The number of piperidine rings is 1. The van der Waals surface area contributed by atoms with Crippen LogP contribution >= 0.6 is 0 Å². The summed E-state index contributed by atoms with van der Waals surface area (Å²) in [6.07, 6.45) is 3.48. The van der Waals surface area contributed by atoms with Crippen LogP contribution in [0.2, 0.25) is 0 Å². The van der Waals surface area contributed by atoms with E-state index in [1.54, 1.807) is 0 Å². The van der Waals surface area contributed by atoms with Gasteiger partial charge in [0.2, 0.25) is 10.0 Å². The average Bonchev–Trinajstić information content (AvgIpc) is 2.95. The third-order valence-corrected chi connectivity index (χ3v) is 5.32. The first-order chi connectivity index (χ1) is 9.55. The Bertz CT molecular complexity index is 519. The van der Waals surface area contributed by atoms with Crippen LogP contribution in [0.4, 0.5) is 0 Å². The summed E-state index contributed by atoms with van der Waals surface area (Å²) < 4.78 is 26.9. The second-order valence-electron chi connectivity index (χ2n) is 5.25. The highest BCUT2D eigenvalue weighted by molar-refractivity contribution is 7.89. The SMILES string of the molecule is CCN1CCC(CNS(=O)(=O)c2c[nH]c(CO)c2)CC1. The van der Waals surface area contributed by atoms with Gasteiger partial charge in [-0.05, 0) is 44.5 Å². The molecule has 0 aliphatic carbocycles. The van der Waals surface area contributed by atoms with Crippen molar-refractivity contribution in [2.24, 2.45) is 5.92 Å². The smallest absolute Gasteiger partial charge is 0.242 e. The van der Waals surface area contributed by atoms with E-state index in [1.165, 1.54) is 12.3 Å². The van der Waals surface area contributed by atoms with E-state index < -0.39 is 10.0 Å². The monoisotopic (exact) mass is 301 g/mol. The standard InChI is InChI=1S/C13H23N3O3S/c1-2-16-5-3-11(4-6-16)8-15-20(18,19)13-7-12(10-17)14-9-13/h7,9,11,14-15,17H,2-6,8,10H2,1H3. The lowest BCUT2D eigenvalue weighted by Crippen LogP contribution is -2.38. The Morgan fingerprint density at radius 3 is 2.70 bits per heavy atom. The molecule has 0 radical (unpaired) electrons. The zero-order chi connectivity index (χ0) is 14.6. The maximum atomic E-state index is 12.1. The molecule has 1 saturated heterocycles. The first-order valence-corrected chi connectivity index (χ1v) is 8.53. The van der Waals surface area contributed by atoms with Gasteiger partial charge in [-0.2, -0.15) is 0 Å². The second-order valence-corrected chi connectivity index (χ2v) is 7.02. The molecule has 0 bridgehead atoms. The summed E-state index contributed by atoms with van der Waals surface area (Å²) in [5.74, 6) is 0.406. The third-order valence-electron chi connectivity index (χ3n) is 3.91. The van der Waals surface area contributed by atoms with Crippen LogP contribution < -0.4 is 4.72 Å². The highest BCUT2D eigenvalue weighted by Crippen LogP contribution is 2.17.